The van der Waals surface area contributed by atoms with Gasteiger partial charge in [-0.2, -0.15) is 0 Å². The van der Waals surface area contributed by atoms with Crippen LogP contribution in [0.5, 0.6) is 0 Å². The first-order chi connectivity index (χ1) is 7.75. The maximum absolute atomic E-state index is 11.1. The maximum Gasteiger partial charge on any atom is 0.310 e. The standard InChI is InChI=1S/C14H18O2/c1-2-3-4-8-11-13(14(15)16)12-9-6-5-7-10-12/h3-7,9-10,13H,2,8,11H2,1H3,(H,15,16)/b4-3+. The lowest BCUT2D eigenvalue weighted by Crippen LogP contribution is -2.11. The molecule has 0 fully saturated rings. The molecule has 0 aromatic heterocycles. The van der Waals surface area contributed by atoms with Crippen molar-refractivity contribution in [2.75, 3.05) is 0 Å². The van der Waals surface area contributed by atoms with Crippen LogP contribution in [0.4, 0.5) is 0 Å². The fraction of sp³-hybridized carbons (Fsp3) is 0.357. The highest BCUT2D eigenvalue weighted by atomic mass is 16.4. The quantitative estimate of drug-likeness (QED) is 0.741. The summed E-state index contributed by atoms with van der Waals surface area (Å²) in [7, 11) is 0. The topological polar surface area (TPSA) is 37.3 Å². The monoisotopic (exact) mass is 218 g/mol. The summed E-state index contributed by atoms with van der Waals surface area (Å²) in [5.74, 6) is -1.13. The van der Waals surface area contributed by atoms with Gasteiger partial charge in [-0.1, -0.05) is 49.4 Å². The molecular formula is C14H18O2. The van der Waals surface area contributed by atoms with Crippen molar-refractivity contribution < 1.29 is 9.90 Å². The SMILES string of the molecule is CC/C=C/CCC(C(=O)O)c1ccccc1. The van der Waals surface area contributed by atoms with Crippen molar-refractivity contribution in [3.05, 3.63) is 48.0 Å². The number of carboxylic acids is 1. The van der Waals surface area contributed by atoms with Crippen LogP contribution < -0.4 is 0 Å². The first kappa shape index (κ1) is 12.5. The van der Waals surface area contributed by atoms with E-state index in [4.69, 9.17) is 5.11 Å². The van der Waals surface area contributed by atoms with E-state index in [2.05, 4.69) is 19.1 Å². The van der Waals surface area contributed by atoms with Gasteiger partial charge >= 0.3 is 5.97 Å². The van der Waals surface area contributed by atoms with Gasteiger partial charge < -0.3 is 5.11 Å². The summed E-state index contributed by atoms with van der Waals surface area (Å²) in [4.78, 5) is 11.1. The molecule has 0 bridgehead atoms. The fourth-order valence-electron chi connectivity index (χ4n) is 1.67. The Bertz CT molecular complexity index is 341. The predicted molar refractivity (Wildman–Crippen MR) is 65.5 cm³/mol. The van der Waals surface area contributed by atoms with E-state index >= 15 is 0 Å². The summed E-state index contributed by atoms with van der Waals surface area (Å²) >= 11 is 0. The number of carboxylic acid groups (broad SMARTS) is 1. The lowest BCUT2D eigenvalue weighted by atomic mass is 9.94. The number of hydrogen-bond acceptors (Lipinski definition) is 1. The number of hydrogen-bond donors (Lipinski definition) is 1. The molecule has 1 unspecified atom stereocenters. The molecule has 0 saturated carbocycles. The maximum atomic E-state index is 11.1. The average Bonchev–Trinajstić information content (AvgIpc) is 2.30. The van der Waals surface area contributed by atoms with Crippen molar-refractivity contribution in [2.45, 2.75) is 32.1 Å². The minimum absolute atomic E-state index is 0.386. The van der Waals surface area contributed by atoms with E-state index in [1.54, 1.807) is 0 Å². The van der Waals surface area contributed by atoms with Crippen molar-refractivity contribution in [3.8, 4) is 0 Å². The summed E-state index contributed by atoms with van der Waals surface area (Å²) < 4.78 is 0. The molecule has 0 aliphatic heterocycles. The second-order valence-electron chi connectivity index (χ2n) is 3.76. The summed E-state index contributed by atoms with van der Waals surface area (Å²) in [5.41, 5.74) is 0.889. The molecule has 0 heterocycles. The zero-order valence-corrected chi connectivity index (χ0v) is 9.60. The van der Waals surface area contributed by atoms with E-state index < -0.39 is 5.97 Å². The fourth-order valence-corrected chi connectivity index (χ4v) is 1.67. The van der Waals surface area contributed by atoms with Gasteiger partial charge in [0.15, 0.2) is 0 Å². The molecule has 0 saturated heterocycles. The summed E-state index contributed by atoms with van der Waals surface area (Å²) in [6, 6.07) is 9.42. The second-order valence-corrected chi connectivity index (χ2v) is 3.76. The third-order valence-corrected chi connectivity index (χ3v) is 2.52. The van der Waals surface area contributed by atoms with Gasteiger partial charge in [-0.15, -0.1) is 0 Å². The number of benzene rings is 1. The third-order valence-electron chi connectivity index (χ3n) is 2.52. The van der Waals surface area contributed by atoms with Gasteiger partial charge in [0.05, 0.1) is 5.92 Å². The Hall–Kier alpha value is -1.57. The molecule has 1 aromatic carbocycles. The van der Waals surface area contributed by atoms with E-state index in [9.17, 15) is 4.79 Å². The van der Waals surface area contributed by atoms with Gasteiger partial charge in [0, 0.05) is 0 Å². The molecule has 1 rings (SSSR count). The molecule has 2 nitrogen and oxygen atoms in total. The van der Waals surface area contributed by atoms with E-state index in [0.29, 0.717) is 6.42 Å². The van der Waals surface area contributed by atoms with Crippen molar-refractivity contribution >= 4 is 5.97 Å². The molecule has 0 aliphatic rings. The van der Waals surface area contributed by atoms with Crippen LogP contribution >= 0.6 is 0 Å². The highest BCUT2D eigenvalue weighted by Crippen LogP contribution is 2.21. The molecule has 2 heteroatoms. The Morgan fingerprint density at radius 3 is 2.56 bits per heavy atom. The van der Waals surface area contributed by atoms with E-state index in [1.165, 1.54) is 0 Å². The van der Waals surface area contributed by atoms with Crippen LogP contribution in [0, 0.1) is 0 Å². The highest BCUT2D eigenvalue weighted by Gasteiger charge is 2.17. The van der Waals surface area contributed by atoms with E-state index in [-0.39, 0.29) is 5.92 Å². The molecule has 1 aromatic rings. The van der Waals surface area contributed by atoms with Crippen LogP contribution in [0.1, 0.15) is 37.7 Å². The van der Waals surface area contributed by atoms with Crippen molar-refractivity contribution in [2.24, 2.45) is 0 Å². The minimum Gasteiger partial charge on any atom is -0.481 e. The van der Waals surface area contributed by atoms with Crippen LogP contribution in [0.3, 0.4) is 0 Å². The molecule has 0 amide bonds. The van der Waals surface area contributed by atoms with Gasteiger partial charge in [0.25, 0.3) is 0 Å². The molecule has 1 N–H and O–H groups in total. The van der Waals surface area contributed by atoms with Crippen LogP contribution in [0.2, 0.25) is 0 Å². The van der Waals surface area contributed by atoms with Gasteiger partial charge in [-0.3, -0.25) is 4.79 Å². The Morgan fingerprint density at radius 2 is 2.00 bits per heavy atom. The number of allylic oxidation sites excluding steroid dienone is 2. The van der Waals surface area contributed by atoms with E-state index in [1.807, 2.05) is 30.3 Å². The zero-order valence-electron chi connectivity index (χ0n) is 9.60. The lowest BCUT2D eigenvalue weighted by Gasteiger charge is -2.11. The zero-order chi connectivity index (χ0) is 11.8. The van der Waals surface area contributed by atoms with Crippen molar-refractivity contribution in [3.63, 3.8) is 0 Å². The third kappa shape index (κ3) is 3.89. The number of carbonyl (C=O) groups is 1. The Kier molecular flexibility index (Phi) is 5.34. The van der Waals surface area contributed by atoms with Crippen molar-refractivity contribution in [1.82, 2.24) is 0 Å². The Morgan fingerprint density at radius 1 is 1.31 bits per heavy atom. The van der Waals surface area contributed by atoms with Gasteiger partial charge in [-0.25, -0.2) is 0 Å². The van der Waals surface area contributed by atoms with E-state index in [0.717, 1.165) is 18.4 Å². The molecule has 0 aliphatic carbocycles. The molecule has 86 valence electrons. The first-order valence-electron chi connectivity index (χ1n) is 5.68. The highest BCUT2D eigenvalue weighted by molar-refractivity contribution is 5.76. The molecule has 16 heavy (non-hydrogen) atoms. The minimum atomic E-state index is -0.740. The van der Waals surface area contributed by atoms with Crippen LogP contribution in [-0.2, 0) is 4.79 Å². The lowest BCUT2D eigenvalue weighted by molar-refractivity contribution is -0.138. The van der Waals surface area contributed by atoms with Crippen LogP contribution in [0.25, 0.3) is 0 Å². The van der Waals surface area contributed by atoms with Crippen LogP contribution in [-0.4, -0.2) is 11.1 Å². The predicted octanol–water partition coefficient (Wildman–Crippen LogP) is 3.60. The Balaban J connectivity index is 2.62. The molecule has 1 atom stereocenters. The summed E-state index contributed by atoms with van der Waals surface area (Å²) in [6.07, 6.45) is 6.61. The summed E-state index contributed by atoms with van der Waals surface area (Å²) in [5, 5.41) is 9.16. The van der Waals surface area contributed by atoms with Crippen LogP contribution in [0.15, 0.2) is 42.5 Å². The number of aliphatic carboxylic acids is 1. The molecule has 0 spiro atoms. The van der Waals surface area contributed by atoms with Gasteiger partial charge in [0.1, 0.15) is 0 Å². The average molecular weight is 218 g/mol. The number of rotatable bonds is 6. The normalized spacial score (nSPS) is 12.8. The largest absolute Gasteiger partial charge is 0.481 e. The smallest absolute Gasteiger partial charge is 0.310 e. The summed E-state index contributed by atoms with van der Waals surface area (Å²) in [6.45, 7) is 2.07. The Labute approximate surface area is 96.6 Å². The first-order valence-corrected chi connectivity index (χ1v) is 5.68. The second kappa shape index (κ2) is 6.83. The molecule has 0 radical (unpaired) electrons. The van der Waals surface area contributed by atoms with Gasteiger partial charge in [0.2, 0.25) is 0 Å². The molecular weight excluding hydrogens is 200 g/mol. The van der Waals surface area contributed by atoms with Gasteiger partial charge in [-0.05, 0) is 24.8 Å². The van der Waals surface area contributed by atoms with Crippen molar-refractivity contribution in [1.29, 1.82) is 0 Å².